The first kappa shape index (κ1) is 13.3. The summed E-state index contributed by atoms with van der Waals surface area (Å²) in [4.78, 5) is 5.91. The third-order valence-electron chi connectivity index (χ3n) is 3.39. The van der Waals surface area contributed by atoms with Gasteiger partial charge in [0.2, 0.25) is 0 Å². The van der Waals surface area contributed by atoms with Crippen LogP contribution < -0.4 is 0 Å². The van der Waals surface area contributed by atoms with Gasteiger partial charge in [-0.2, -0.15) is 0 Å². The number of hydrogen-bond donors (Lipinski definition) is 1. The average Bonchev–Trinajstić information content (AvgIpc) is 2.38. The van der Waals surface area contributed by atoms with Gasteiger partial charge in [0.1, 0.15) is 0 Å². The molecule has 0 radical (unpaired) electrons. The molecule has 1 fully saturated rings. The van der Waals surface area contributed by atoms with Crippen molar-refractivity contribution in [3.8, 4) is 0 Å². The van der Waals surface area contributed by atoms with Gasteiger partial charge in [-0.1, -0.05) is 0 Å². The van der Waals surface area contributed by atoms with Gasteiger partial charge in [0.05, 0.1) is 0 Å². The second-order valence-electron chi connectivity index (χ2n) is 5.01. The van der Waals surface area contributed by atoms with Gasteiger partial charge in [-0.15, -0.1) is 0 Å². The van der Waals surface area contributed by atoms with Crippen molar-refractivity contribution in [3.63, 3.8) is 0 Å². The molecule has 1 aromatic rings. The molecular formula is C14H20BNO2. The summed E-state index contributed by atoms with van der Waals surface area (Å²) in [6.45, 7) is 4.86. The molecule has 3 nitrogen and oxygen atoms in total. The molecule has 2 rings (SSSR count). The minimum atomic E-state index is 0.302. The van der Waals surface area contributed by atoms with E-state index in [4.69, 9.17) is 9.86 Å². The molecule has 18 heavy (non-hydrogen) atoms. The topological polar surface area (TPSA) is 32.7 Å². The van der Waals surface area contributed by atoms with Crippen molar-refractivity contribution in [2.24, 2.45) is 0 Å². The Labute approximate surface area is 109 Å². The molecule has 1 heterocycles. The molecule has 0 amide bonds. The fourth-order valence-electron chi connectivity index (χ4n) is 2.54. The molecule has 0 spiro atoms. The van der Waals surface area contributed by atoms with Crippen LogP contribution in [0.15, 0.2) is 30.3 Å². The first-order valence-electron chi connectivity index (χ1n) is 6.48. The SMILES string of the molecule is CC1CC(=BO)CC(C)N1OCc1ccccc1. The van der Waals surface area contributed by atoms with Crippen LogP contribution in [0.4, 0.5) is 0 Å². The van der Waals surface area contributed by atoms with Crippen molar-refractivity contribution in [3.05, 3.63) is 35.9 Å². The van der Waals surface area contributed by atoms with Gasteiger partial charge in [-0.05, 0) is 0 Å². The van der Waals surface area contributed by atoms with Crippen LogP contribution in [0.5, 0.6) is 0 Å². The normalized spacial score (nSPS) is 24.9. The molecule has 2 unspecified atom stereocenters. The van der Waals surface area contributed by atoms with Crippen molar-refractivity contribution in [2.45, 2.75) is 45.4 Å². The standard InChI is InChI=1S/C14H20BNO2/c1-11-8-14(15-17)9-12(2)16(11)18-10-13-6-4-3-5-7-13/h3-7,11-12,17H,8-10H2,1-2H3. The predicted octanol–water partition coefficient (Wildman–Crippen LogP) is 1.77. The summed E-state index contributed by atoms with van der Waals surface area (Å²) in [5.41, 5.74) is 2.29. The third kappa shape index (κ3) is 3.21. The molecule has 2 atom stereocenters. The zero-order valence-electron chi connectivity index (χ0n) is 11.0. The quantitative estimate of drug-likeness (QED) is 0.824. The Bertz CT molecular complexity index is 394. The van der Waals surface area contributed by atoms with Gasteiger partial charge in [0.15, 0.2) is 0 Å². The Kier molecular flexibility index (Phi) is 4.56. The average molecular weight is 245 g/mol. The van der Waals surface area contributed by atoms with Crippen molar-refractivity contribution in [1.29, 1.82) is 0 Å². The summed E-state index contributed by atoms with van der Waals surface area (Å²) < 4.78 is 0. The van der Waals surface area contributed by atoms with E-state index in [1.54, 1.807) is 0 Å². The number of nitrogens with zero attached hydrogens (tertiary/aromatic N) is 1. The number of piperidine rings is 1. The number of rotatable bonds is 3. The Hall–Kier alpha value is -1.13. The van der Waals surface area contributed by atoms with Gasteiger partial charge < -0.3 is 0 Å². The van der Waals surface area contributed by atoms with Gasteiger partial charge in [0, 0.05) is 0 Å². The van der Waals surface area contributed by atoms with E-state index in [0.717, 1.165) is 18.3 Å². The summed E-state index contributed by atoms with van der Waals surface area (Å²) in [6, 6.07) is 10.8. The molecule has 96 valence electrons. The fourth-order valence-corrected chi connectivity index (χ4v) is 2.54. The molecule has 1 aromatic carbocycles. The Morgan fingerprint density at radius 1 is 1.22 bits per heavy atom. The summed E-state index contributed by atoms with van der Waals surface area (Å²) in [7, 11) is 1.25. The van der Waals surface area contributed by atoms with Crippen LogP contribution >= 0.6 is 0 Å². The van der Waals surface area contributed by atoms with Crippen LogP contribution in [-0.2, 0) is 11.4 Å². The summed E-state index contributed by atoms with van der Waals surface area (Å²) >= 11 is 0. The Morgan fingerprint density at radius 2 is 1.83 bits per heavy atom. The zero-order chi connectivity index (χ0) is 13.0. The third-order valence-corrected chi connectivity index (χ3v) is 3.39. The zero-order valence-corrected chi connectivity index (χ0v) is 11.0. The fraction of sp³-hybridized carbons (Fsp3) is 0.500. The van der Waals surface area contributed by atoms with E-state index in [1.807, 2.05) is 18.2 Å². The van der Waals surface area contributed by atoms with Crippen LogP contribution in [-0.4, -0.2) is 34.8 Å². The second-order valence-corrected chi connectivity index (χ2v) is 5.01. The maximum absolute atomic E-state index is 9.10. The second kappa shape index (κ2) is 6.16. The van der Waals surface area contributed by atoms with Crippen molar-refractivity contribution < 1.29 is 9.86 Å². The molecule has 0 aromatic heterocycles. The van der Waals surface area contributed by atoms with Crippen LogP contribution in [0.3, 0.4) is 0 Å². The molecule has 0 saturated carbocycles. The monoisotopic (exact) mass is 245 g/mol. The number of hydroxylamine groups is 2. The summed E-state index contributed by atoms with van der Waals surface area (Å²) in [6.07, 6.45) is 1.74. The van der Waals surface area contributed by atoms with Crippen LogP contribution in [0, 0.1) is 0 Å². The van der Waals surface area contributed by atoms with Crippen molar-refractivity contribution >= 4 is 12.6 Å². The van der Waals surface area contributed by atoms with Crippen LogP contribution in [0.25, 0.3) is 0 Å². The first-order chi connectivity index (χ1) is 8.70. The maximum atomic E-state index is 9.10. The summed E-state index contributed by atoms with van der Waals surface area (Å²) in [5, 5.41) is 11.2. The minimum absolute atomic E-state index is 0.302. The van der Waals surface area contributed by atoms with Crippen molar-refractivity contribution in [2.75, 3.05) is 0 Å². The summed E-state index contributed by atoms with van der Waals surface area (Å²) in [5.74, 6) is 0. The van der Waals surface area contributed by atoms with E-state index >= 15 is 0 Å². The van der Waals surface area contributed by atoms with Gasteiger partial charge in [-0.3, -0.25) is 0 Å². The van der Waals surface area contributed by atoms with Gasteiger partial charge in [0.25, 0.3) is 0 Å². The molecule has 1 aliphatic heterocycles. The Balaban J connectivity index is 1.93. The van der Waals surface area contributed by atoms with Gasteiger partial charge >= 0.3 is 109 Å². The molecule has 4 heteroatoms. The predicted molar refractivity (Wildman–Crippen MR) is 74.2 cm³/mol. The molecule has 1 aliphatic rings. The number of benzene rings is 1. The molecule has 0 bridgehead atoms. The van der Waals surface area contributed by atoms with E-state index in [1.165, 1.54) is 12.7 Å². The van der Waals surface area contributed by atoms with Gasteiger partial charge in [-0.25, -0.2) is 0 Å². The Morgan fingerprint density at radius 3 is 2.39 bits per heavy atom. The number of hydrogen-bond acceptors (Lipinski definition) is 3. The van der Waals surface area contributed by atoms with E-state index in [-0.39, 0.29) is 0 Å². The van der Waals surface area contributed by atoms with E-state index < -0.39 is 0 Å². The van der Waals surface area contributed by atoms with Crippen LogP contribution in [0.2, 0.25) is 0 Å². The molecule has 0 aliphatic carbocycles. The van der Waals surface area contributed by atoms with E-state index in [0.29, 0.717) is 18.7 Å². The molecule has 1 N–H and O–H groups in total. The molecule has 1 saturated heterocycles. The van der Waals surface area contributed by atoms with E-state index in [2.05, 4.69) is 31.0 Å². The van der Waals surface area contributed by atoms with Crippen LogP contribution in [0.1, 0.15) is 32.3 Å². The van der Waals surface area contributed by atoms with E-state index in [9.17, 15) is 0 Å². The van der Waals surface area contributed by atoms with Crippen molar-refractivity contribution in [1.82, 2.24) is 5.06 Å². The molecular weight excluding hydrogens is 225 g/mol. The first-order valence-corrected chi connectivity index (χ1v) is 6.48.